The highest BCUT2D eigenvalue weighted by Gasteiger charge is 2.38. The van der Waals surface area contributed by atoms with Gasteiger partial charge in [0.05, 0.1) is 22.8 Å². The summed E-state index contributed by atoms with van der Waals surface area (Å²) < 4.78 is 0. The Morgan fingerprint density at radius 2 is 1.56 bits per heavy atom. The Morgan fingerprint density at radius 3 is 2.33 bits per heavy atom. The van der Waals surface area contributed by atoms with Crippen molar-refractivity contribution in [2.75, 3.05) is 4.90 Å². The average Bonchev–Trinajstić information content (AvgIpc) is 3.45. The highest BCUT2D eigenvalue weighted by molar-refractivity contribution is 5.87. The number of anilines is 3. The maximum atomic E-state index is 4.70. The maximum Gasteiger partial charge on any atom is 0.0650 e. The van der Waals surface area contributed by atoms with Gasteiger partial charge in [0.1, 0.15) is 0 Å². The van der Waals surface area contributed by atoms with Gasteiger partial charge in [0.2, 0.25) is 0 Å². The van der Waals surface area contributed by atoms with Crippen molar-refractivity contribution in [3.05, 3.63) is 126 Å². The lowest BCUT2D eigenvalue weighted by Gasteiger charge is -2.43. The van der Waals surface area contributed by atoms with Crippen molar-refractivity contribution < 1.29 is 0 Å². The van der Waals surface area contributed by atoms with Gasteiger partial charge < -0.3 is 4.90 Å². The molecule has 178 valence electrons. The Kier molecular flexibility index (Phi) is 5.08. The summed E-state index contributed by atoms with van der Waals surface area (Å²) in [5.74, 6) is 0. The van der Waals surface area contributed by atoms with Crippen molar-refractivity contribution in [3.63, 3.8) is 0 Å². The zero-order valence-electron chi connectivity index (χ0n) is 21.2. The summed E-state index contributed by atoms with van der Waals surface area (Å²) in [4.78, 5) is 7.11. The van der Waals surface area contributed by atoms with Gasteiger partial charge in [-0.15, -0.1) is 0 Å². The van der Waals surface area contributed by atoms with Crippen LogP contribution in [-0.4, -0.2) is 15.2 Å². The molecular formula is C32H30N4. The van der Waals surface area contributed by atoms with E-state index in [1.54, 1.807) is 6.20 Å². The van der Waals surface area contributed by atoms with Crippen molar-refractivity contribution in [2.24, 2.45) is 0 Å². The number of pyridine rings is 1. The molecule has 0 saturated heterocycles. The number of para-hydroxylation sites is 1. The van der Waals surface area contributed by atoms with Gasteiger partial charge in [-0.3, -0.25) is 10.1 Å². The van der Waals surface area contributed by atoms with Gasteiger partial charge in [0.25, 0.3) is 0 Å². The highest BCUT2D eigenvalue weighted by Crippen LogP contribution is 2.53. The summed E-state index contributed by atoms with van der Waals surface area (Å²) in [7, 11) is 0. The van der Waals surface area contributed by atoms with E-state index in [1.807, 2.05) is 18.3 Å². The number of hydrogen-bond donors (Lipinski definition) is 1. The molecule has 0 amide bonds. The molecule has 3 heterocycles. The molecule has 0 saturated carbocycles. The van der Waals surface area contributed by atoms with Crippen molar-refractivity contribution in [1.82, 2.24) is 15.2 Å². The normalized spacial score (nSPS) is 14.3. The van der Waals surface area contributed by atoms with Crippen LogP contribution in [0.5, 0.6) is 0 Å². The first-order chi connectivity index (χ1) is 17.4. The predicted octanol–water partition coefficient (Wildman–Crippen LogP) is 7.91. The van der Waals surface area contributed by atoms with Gasteiger partial charge in [0, 0.05) is 34.5 Å². The van der Waals surface area contributed by atoms with Gasteiger partial charge in [0.15, 0.2) is 0 Å². The molecule has 36 heavy (non-hydrogen) atoms. The minimum Gasteiger partial charge on any atom is -0.310 e. The summed E-state index contributed by atoms with van der Waals surface area (Å²) in [6.07, 6.45) is 3.67. The molecule has 1 aliphatic rings. The van der Waals surface area contributed by atoms with E-state index in [-0.39, 0.29) is 10.8 Å². The molecule has 6 rings (SSSR count). The van der Waals surface area contributed by atoms with E-state index >= 15 is 0 Å². The van der Waals surface area contributed by atoms with E-state index < -0.39 is 0 Å². The first-order valence-electron chi connectivity index (χ1n) is 12.4. The molecule has 4 nitrogen and oxygen atoms in total. The Balaban J connectivity index is 1.58. The van der Waals surface area contributed by atoms with E-state index in [9.17, 15) is 0 Å². The number of aromatic amines is 1. The Morgan fingerprint density at radius 1 is 0.750 bits per heavy atom. The van der Waals surface area contributed by atoms with Gasteiger partial charge in [-0.25, -0.2) is 0 Å². The molecule has 0 radical (unpaired) electrons. The van der Waals surface area contributed by atoms with E-state index in [0.29, 0.717) is 0 Å². The van der Waals surface area contributed by atoms with E-state index in [0.717, 1.165) is 22.6 Å². The van der Waals surface area contributed by atoms with Crippen molar-refractivity contribution >= 4 is 17.1 Å². The molecule has 0 spiro atoms. The Labute approximate surface area is 212 Å². The molecule has 0 bridgehead atoms. The lowest BCUT2D eigenvalue weighted by Crippen LogP contribution is -2.31. The predicted molar refractivity (Wildman–Crippen MR) is 147 cm³/mol. The van der Waals surface area contributed by atoms with Crippen LogP contribution in [0.2, 0.25) is 0 Å². The summed E-state index contributed by atoms with van der Waals surface area (Å²) in [5.41, 5.74) is 10.2. The van der Waals surface area contributed by atoms with Gasteiger partial charge in [-0.2, -0.15) is 5.10 Å². The van der Waals surface area contributed by atoms with E-state index in [4.69, 9.17) is 4.98 Å². The molecule has 0 aliphatic carbocycles. The molecule has 2 aromatic heterocycles. The number of rotatable bonds is 4. The second-order valence-electron chi connectivity index (χ2n) is 10.6. The van der Waals surface area contributed by atoms with Crippen LogP contribution in [0.25, 0.3) is 11.3 Å². The number of nitrogens with zero attached hydrogens (tertiary/aromatic N) is 3. The third-order valence-corrected chi connectivity index (χ3v) is 7.67. The number of fused-ring (bicyclic) bond motifs is 2. The number of nitrogens with one attached hydrogen (secondary N) is 1. The second-order valence-corrected chi connectivity index (χ2v) is 10.6. The molecule has 1 aliphatic heterocycles. The molecule has 1 N–H and O–H groups in total. The summed E-state index contributed by atoms with van der Waals surface area (Å²) in [6, 6.07) is 32.6. The fourth-order valence-corrected chi connectivity index (χ4v) is 5.49. The molecule has 5 aromatic rings. The number of H-pyrrole nitrogens is 1. The van der Waals surface area contributed by atoms with Crippen LogP contribution < -0.4 is 4.90 Å². The number of aromatic nitrogens is 3. The monoisotopic (exact) mass is 470 g/mol. The van der Waals surface area contributed by atoms with Crippen LogP contribution in [0.1, 0.15) is 50.1 Å². The quantitative estimate of drug-likeness (QED) is 0.290. The zero-order valence-corrected chi connectivity index (χ0v) is 21.2. The van der Waals surface area contributed by atoms with Crippen molar-refractivity contribution in [3.8, 4) is 11.3 Å². The highest BCUT2D eigenvalue weighted by atomic mass is 15.2. The smallest absolute Gasteiger partial charge is 0.0650 e. The first kappa shape index (κ1) is 22.3. The van der Waals surface area contributed by atoms with Crippen LogP contribution in [0.3, 0.4) is 0 Å². The minimum absolute atomic E-state index is 0.128. The van der Waals surface area contributed by atoms with Gasteiger partial charge in [-0.05, 0) is 59.2 Å². The minimum atomic E-state index is -0.235. The summed E-state index contributed by atoms with van der Waals surface area (Å²) in [6.45, 7) is 9.16. The van der Waals surface area contributed by atoms with Crippen LogP contribution in [0, 0.1) is 0 Å². The molecule has 0 fully saturated rings. The maximum absolute atomic E-state index is 4.70. The lowest BCUT2D eigenvalue weighted by atomic mass is 9.71. The van der Waals surface area contributed by atoms with Crippen LogP contribution in [0.4, 0.5) is 17.1 Å². The van der Waals surface area contributed by atoms with Crippen LogP contribution >= 0.6 is 0 Å². The fourth-order valence-electron chi connectivity index (χ4n) is 5.49. The number of benzene rings is 3. The lowest BCUT2D eigenvalue weighted by molar-refractivity contribution is 0.608. The van der Waals surface area contributed by atoms with E-state index in [2.05, 4.69) is 122 Å². The first-order valence-corrected chi connectivity index (χ1v) is 12.4. The van der Waals surface area contributed by atoms with Crippen molar-refractivity contribution in [1.29, 1.82) is 0 Å². The largest absolute Gasteiger partial charge is 0.310 e. The topological polar surface area (TPSA) is 44.8 Å². The van der Waals surface area contributed by atoms with Crippen LogP contribution in [0.15, 0.2) is 103 Å². The van der Waals surface area contributed by atoms with Gasteiger partial charge in [-0.1, -0.05) is 76.2 Å². The third-order valence-electron chi connectivity index (χ3n) is 7.67. The Hall–Kier alpha value is -4.18. The summed E-state index contributed by atoms with van der Waals surface area (Å²) >= 11 is 0. The van der Waals surface area contributed by atoms with Crippen LogP contribution in [-0.2, 0) is 10.8 Å². The second kappa shape index (κ2) is 8.20. The standard InChI is InChI=1S/C32H30N4/c1-31(2,30-14-7-8-18-33-30)23-15-16-26-29(21-23)36(28-13-6-5-12-25(28)32(26,3)4)24-11-9-10-22(20-24)27-17-19-34-35-27/h5-21H,1-4H3,(H,34,35). The Bertz CT molecular complexity index is 1530. The van der Waals surface area contributed by atoms with E-state index in [1.165, 1.54) is 28.1 Å². The molecular weight excluding hydrogens is 440 g/mol. The molecule has 0 atom stereocenters. The third kappa shape index (κ3) is 3.44. The van der Waals surface area contributed by atoms with Crippen molar-refractivity contribution in [2.45, 2.75) is 38.5 Å². The SMILES string of the molecule is CC(C)(c1ccc2c(c1)N(c1cccc(-c3ccn[nH]3)c1)c1ccccc1C2(C)C)c1ccccn1. The van der Waals surface area contributed by atoms with Gasteiger partial charge >= 0.3 is 0 Å². The zero-order chi connectivity index (χ0) is 24.9. The number of hydrogen-bond acceptors (Lipinski definition) is 3. The molecule has 3 aromatic carbocycles. The summed E-state index contributed by atoms with van der Waals surface area (Å²) in [5, 5.41) is 7.26. The molecule has 0 unspecified atom stereocenters. The fraction of sp³-hybridized carbons (Fsp3) is 0.188. The average molecular weight is 471 g/mol. The molecule has 4 heteroatoms.